The van der Waals surface area contributed by atoms with Crippen LogP contribution in [-0.2, 0) is 11.3 Å². The lowest BCUT2D eigenvalue weighted by Crippen LogP contribution is -2.43. The molecule has 1 N–H and O–H groups in total. The highest BCUT2D eigenvalue weighted by Gasteiger charge is 2.42. The largest absolute Gasteiger partial charge is 0.353 e. The molecule has 0 spiro atoms. The standard InChI is InChI=1S/C15H24N4O/c1-10(7-19-9-16-8-17-19)15(20)18-11(2)14-6-12-3-4-13(14)5-12/h8-14H,3-7H2,1-2H3,(H,18,20)/t10-,11-,12+,13+,14-/m1/s1. The summed E-state index contributed by atoms with van der Waals surface area (Å²) in [4.78, 5) is 16.2. The Labute approximate surface area is 120 Å². The van der Waals surface area contributed by atoms with Crippen LogP contribution >= 0.6 is 0 Å². The number of rotatable bonds is 5. The van der Waals surface area contributed by atoms with E-state index in [9.17, 15) is 4.79 Å². The van der Waals surface area contributed by atoms with E-state index in [1.54, 1.807) is 11.0 Å². The Morgan fingerprint density at radius 2 is 2.25 bits per heavy atom. The number of carbonyl (C=O) groups excluding carboxylic acids is 1. The van der Waals surface area contributed by atoms with Gasteiger partial charge in [-0.3, -0.25) is 9.48 Å². The highest BCUT2D eigenvalue weighted by molar-refractivity contribution is 5.78. The fraction of sp³-hybridized carbons (Fsp3) is 0.800. The average molecular weight is 276 g/mol. The van der Waals surface area contributed by atoms with Crippen LogP contribution in [0, 0.1) is 23.7 Å². The first kappa shape index (κ1) is 13.6. The maximum absolute atomic E-state index is 12.3. The molecule has 3 rings (SSSR count). The third-order valence-corrected chi connectivity index (χ3v) is 5.18. The van der Waals surface area contributed by atoms with Gasteiger partial charge in [0.05, 0.1) is 12.5 Å². The molecule has 2 aliphatic carbocycles. The van der Waals surface area contributed by atoms with E-state index < -0.39 is 0 Å². The Hall–Kier alpha value is -1.39. The highest BCUT2D eigenvalue weighted by atomic mass is 16.1. The van der Waals surface area contributed by atoms with Gasteiger partial charge in [0.15, 0.2) is 0 Å². The molecular weight excluding hydrogens is 252 g/mol. The van der Waals surface area contributed by atoms with E-state index in [2.05, 4.69) is 22.3 Å². The molecule has 2 bridgehead atoms. The van der Waals surface area contributed by atoms with Crippen LogP contribution in [-0.4, -0.2) is 26.7 Å². The minimum absolute atomic E-state index is 0.0715. The molecule has 0 aliphatic heterocycles. The number of hydrogen-bond acceptors (Lipinski definition) is 3. The molecule has 2 fully saturated rings. The van der Waals surface area contributed by atoms with E-state index in [0.717, 1.165) is 11.8 Å². The molecule has 5 heteroatoms. The van der Waals surface area contributed by atoms with E-state index in [4.69, 9.17) is 0 Å². The predicted octanol–water partition coefficient (Wildman–Crippen LogP) is 1.86. The van der Waals surface area contributed by atoms with Gasteiger partial charge in [-0.2, -0.15) is 5.10 Å². The second-order valence-electron chi connectivity index (χ2n) is 6.65. The molecule has 110 valence electrons. The summed E-state index contributed by atoms with van der Waals surface area (Å²) in [5.41, 5.74) is 0. The van der Waals surface area contributed by atoms with E-state index >= 15 is 0 Å². The monoisotopic (exact) mass is 276 g/mol. The third-order valence-electron chi connectivity index (χ3n) is 5.18. The minimum Gasteiger partial charge on any atom is -0.353 e. The van der Waals surface area contributed by atoms with Crippen molar-refractivity contribution in [3.8, 4) is 0 Å². The molecule has 0 saturated heterocycles. The molecule has 0 unspecified atom stereocenters. The van der Waals surface area contributed by atoms with Crippen LogP contribution in [0.5, 0.6) is 0 Å². The summed E-state index contributed by atoms with van der Waals surface area (Å²) in [6.45, 7) is 4.71. The number of amides is 1. The van der Waals surface area contributed by atoms with Crippen molar-refractivity contribution < 1.29 is 4.79 Å². The summed E-state index contributed by atoms with van der Waals surface area (Å²) in [5.74, 6) is 2.53. The van der Waals surface area contributed by atoms with Crippen LogP contribution in [0.15, 0.2) is 12.7 Å². The normalized spacial score (nSPS) is 31.2. The highest BCUT2D eigenvalue weighted by Crippen LogP contribution is 2.49. The van der Waals surface area contributed by atoms with Crippen LogP contribution in [0.25, 0.3) is 0 Å². The second-order valence-corrected chi connectivity index (χ2v) is 6.65. The number of nitrogens with zero attached hydrogens (tertiary/aromatic N) is 3. The molecule has 0 aromatic carbocycles. The summed E-state index contributed by atoms with van der Waals surface area (Å²) < 4.78 is 1.71. The van der Waals surface area contributed by atoms with Crippen molar-refractivity contribution in [2.45, 2.75) is 52.1 Å². The smallest absolute Gasteiger partial charge is 0.224 e. The van der Waals surface area contributed by atoms with E-state index in [0.29, 0.717) is 18.5 Å². The Balaban J connectivity index is 1.50. The second kappa shape index (κ2) is 5.54. The average Bonchev–Trinajstić information content (AvgIpc) is 3.15. The summed E-state index contributed by atoms with van der Waals surface area (Å²) in [6, 6.07) is 0.302. The van der Waals surface area contributed by atoms with Crippen LogP contribution in [0.1, 0.15) is 39.5 Å². The van der Waals surface area contributed by atoms with Crippen molar-refractivity contribution in [1.82, 2.24) is 20.1 Å². The lowest BCUT2D eigenvalue weighted by molar-refractivity contribution is -0.126. The molecule has 1 aromatic heterocycles. The number of hydrogen-bond donors (Lipinski definition) is 1. The van der Waals surface area contributed by atoms with Gasteiger partial charge in [0.25, 0.3) is 0 Å². The predicted molar refractivity (Wildman–Crippen MR) is 75.7 cm³/mol. The fourth-order valence-electron chi connectivity index (χ4n) is 4.07. The molecule has 1 amide bonds. The van der Waals surface area contributed by atoms with Crippen LogP contribution in [0.2, 0.25) is 0 Å². The van der Waals surface area contributed by atoms with Crippen molar-refractivity contribution in [2.75, 3.05) is 0 Å². The van der Waals surface area contributed by atoms with Gasteiger partial charge in [-0.15, -0.1) is 0 Å². The Morgan fingerprint density at radius 3 is 2.85 bits per heavy atom. The molecule has 5 nitrogen and oxygen atoms in total. The van der Waals surface area contributed by atoms with Gasteiger partial charge < -0.3 is 5.32 Å². The number of nitrogens with one attached hydrogen (secondary N) is 1. The quantitative estimate of drug-likeness (QED) is 0.893. The molecule has 1 aromatic rings. The van der Waals surface area contributed by atoms with Gasteiger partial charge in [-0.1, -0.05) is 13.3 Å². The summed E-state index contributed by atoms with van der Waals surface area (Å²) in [7, 11) is 0. The molecule has 5 atom stereocenters. The fourth-order valence-corrected chi connectivity index (χ4v) is 4.07. The Bertz CT molecular complexity index is 458. The number of aromatic nitrogens is 3. The SMILES string of the molecule is C[C@H](Cn1cncn1)C(=O)N[C@H](C)[C@H]1C[C@H]2CC[C@H]1C2. The Kier molecular flexibility index (Phi) is 3.76. The van der Waals surface area contributed by atoms with Crippen molar-refractivity contribution in [3.05, 3.63) is 12.7 Å². The first-order chi connectivity index (χ1) is 9.63. The van der Waals surface area contributed by atoms with Gasteiger partial charge in [0, 0.05) is 6.04 Å². The van der Waals surface area contributed by atoms with Gasteiger partial charge in [0.2, 0.25) is 5.91 Å². The molecule has 2 aliphatic rings. The third kappa shape index (κ3) is 2.72. The molecule has 2 saturated carbocycles. The number of fused-ring (bicyclic) bond motifs is 2. The van der Waals surface area contributed by atoms with E-state index in [-0.39, 0.29) is 11.8 Å². The van der Waals surface area contributed by atoms with Gasteiger partial charge in [-0.25, -0.2) is 4.98 Å². The van der Waals surface area contributed by atoms with E-state index in [1.807, 2.05) is 6.92 Å². The lowest BCUT2D eigenvalue weighted by atomic mass is 9.84. The molecule has 20 heavy (non-hydrogen) atoms. The first-order valence-corrected chi connectivity index (χ1v) is 7.76. The van der Waals surface area contributed by atoms with Gasteiger partial charge in [-0.05, 0) is 43.9 Å². The van der Waals surface area contributed by atoms with Crippen molar-refractivity contribution in [3.63, 3.8) is 0 Å². The van der Waals surface area contributed by atoms with Crippen molar-refractivity contribution >= 4 is 5.91 Å². The first-order valence-electron chi connectivity index (χ1n) is 7.76. The zero-order valence-corrected chi connectivity index (χ0v) is 12.3. The molecule has 0 radical (unpaired) electrons. The van der Waals surface area contributed by atoms with Gasteiger partial charge >= 0.3 is 0 Å². The van der Waals surface area contributed by atoms with Gasteiger partial charge in [0.1, 0.15) is 12.7 Å². The van der Waals surface area contributed by atoms with Crippen LogP contribution in [0.4, 0.5) is 0 Å². The summed E-state index contributed by atoms with van der Waals surface area (Å²) in [6.07, 6.45) is 8.63. The number of carbonyl (C=O) groups is 1. The topological polar surface area (TPSA) is 59.8 Å². The maximum Gasteiger partial charge on any atom is 0.224 e. The maximum atomic E-state index is 12.3. The Morgan fingerprint density at radius 1 is 1.40 bits per heavy atom. The van der Waals surface area contributed by atoms with Crippen LogP contribution < -0.4 is 5.32 Å². The molecule has 1 heterocycles. The minimum atomic E-state index is -0.0715. The van der Waals surface area contributed by atoms with E-state index in [1.165, 1.54) is 32.0 Å². The lowest BCUT2D eigenvalue weighted by Gasteiger charge is -2.29. The molecular formula is C15H24N4O. The zero-order valence-electron chi connectivity index (χ0n) is 12.3. The van der Waals surface area contributed by atoms with Crippen molar-refractivity contribution in [2.24, 2.45) is 23.7 Å². The zero-order chi connectivity index (χ0) is 14.1. The van der Waals surface area contributed by atoms with Crippen LogP contribution in [0.3, 0.4) is 0 Å². The van der Waals surface area contributed by atoms with Crippen molar-refractivity contribution in [1.29, 1.82) is 0 Å². The summed E-state index contributed by atoms with van der Waals surface area (Å²) >= 11 is 0. The summed E-state index contributed by atoms with van der Waals surface area (Å²) in [5, 5.41) is 7.27.